The van der Waals surface area contributed by atoms with Gasteiger partial charge in [0.1, 0.15) is 18.1 Å². The van der Waals surface area contributed by atoms with Crippen LogP contribution in [0.5, 0.6) is 0 Å². The number of aliphatic carboxylic acids is 1. The van der Waals surface area contributed by atoms with E-state index in [1.54, 1.807) is 36.4 Å². The quantitative estimate of drug-likeness (QED) is 0.415. The van der Waals surface area contributed by atoms with Gasteiger partial charge in [-0.3, -0.25) is 19.3 Å². The average Bonchev–Trinajstić information content (AvgIpc) is 3.26. The largest absolute Gasteiger partial charge is 0.480 e. The first-order valence-corrected chi connectivity index (χ1v) is 10.8. The van der Waals surface area contributed by atoms with Crippen LogP contribution in [-0.4, -0.2) is 46.3 Å². The maximum Gasteiger partial charge on any atom is 0.323 e. The number of aromatic amines is 1. The molecule has 8 nitrogen and oxygen atoms in total. The third-order valence-electron chi connectivity index (χ3n) is 5.67. The lowest BCUT2D eigenvalue weighted by Crippen LogP contribution is -2.49. The van der Waals surface area contributed by atoms with Gasteiger partial charge in [0.05, 0.1) is 11.4 Å². The molecule has 1 aromatic heterocycles. The summed E-state index contributed by atoms with van der Waals surface area (Å²) in [4.78, 5) is 46.6. The standard InChI is InChI=1S/C26H19FN4O4/c27-18-10-4-2-8-16(18)23-17-9-3-6-12-21(17)31(14-22(32)33)26(35)24(29-23)30-25(34)20-13-15-7-1-5-11-19(15)28-20/h1-13,24,28H,14H2,(H,30,34)(H,32,33)/t24-/m1/s1. The average molecular weight is 470 g/mol. The number of carbonyl (C=O) groups is 3. The molecule has 3 N–H and O–H groups in total. The van der Waals surface area contributed by atoms with E-state index in [-0.39, 0.29) is 22.7 Å². The van der Waals surface area contributed by atoms with E-state index >= 15 is 0 Å². The van der Waals surface area contributed by atoms with Gasteiger partial charge in [0.2, 0.25) is 6.17 Å². The highest BCUT2D eigenvalue weighted by molar-refractivity contribution is 6.21. The van der Waals surface area contributed by atoms with Crippen LogP contribution in [0.25, 0.3) is 10.9 Å². The molecule has 9 heteroatoms. The van der Waals surface area contributed by atoms with E-state index in [0.29, 0.717) is 5.56 Å². The first-order chi connectivity index (χ1) is 16.9. The number of hydrogen-bond donors (Lipinski definition) is 3. The Morgan fingerprint density at radius 3 is 2.43 bits per heavy atom. The summed E-state index contributed by atoms with van der Waals surface area (Å²) in [6.45, 7) is -0.658. The van der Waals surface area contributed by atoms with Gasteiger partial charge < -0.3 is 15.4 Å². The Morgan fingerprint density at radius 2 is 1.69 bits per heavy atom. The first kappa shape index (κ1) is 22.0. The zero-order valence-electron chi connectivity index (χ0n) is 18.2. The minimum atomic E-state index is -1.49. The number of benzodiazepines with no additional fused rings is 1. The Bertz CT molecular complexity index is 1480. The van der Waals surface area contributed by atoms with Crippen LogP contribution in [0.1, 0.15) is 21.6 Å². The molecule has 0 unspecified atom stereocenters. The molecule has 0 spiro atoms. The predicted molar refractivity (Wildman–Crippen MR) is 128 cm³/mol. The monoisotopic (exact) mass is 470 g/mol. The number of aromatic nitrogens is 1. The van der Waals surface area contributed by atoms with Crippen LogP contribution in [0.4, 0.5) is 10.1 Å². The maximum absolute atomic E-state index is 14.8. The lowest BCUT2D eigenvalue weighted by molar-refractivity contribution is -0.136. The number of halogens is 1. The third-order valence-corrected chi connectivity index (χ3v) is 5.67. The molecule has 3 aromatic carbocycles. The van der Waals surface area contributed by atoms with Gasteiger partial charge in [-0.05, 0) is 30.3 Å². The molecular weight excluding hydrogens is 451 g/mol. The van der Waals surface area contributed by atoms with E-state index in [1.165, 1.54) is 18.2 Å². The van der Waals surface area contributed by atoms with E-state index in [4.69, 9.17) is 0 Å². The van der Waals surface area contributed by atoms with Crippen molar-refractivity contribution in [1.29, 1.82) is 0 Å². The fourth-order valence-electron chi connectivity index (χ4n) is 4.09. The van der Waals surface area contributed by atoms with Crippen LogP contribution in [0.2, 0.25) is 0 Å². The summed E-state index contributed by atoms with van der Waals surface area (Å²) >= 11 is 0. The predicted octanol–water partition coefficient (Wildman–Crippen LogP) is 3.33. The number of fused-ring (bicyclic) bond motifs is 2. The molecule has 1 aliphatic heterocycles. The summed E-state index contributed by atoms with van der Waals surface area (Å²) in [6.07, 6.45) is -1.49. The van der Waals surface area contributed by atoms with Gasteiger partial charge in [0, 0.05) is 22.0 Å². The molecule has 1 aliphatic rings. The van der Waals surface area contributed by atoms with Gasteiger partial charge in [-0.25, -0.2) is 9.38 Å². The molecular formula is C26H19FN4O4. The number of amides is 2. The van der Waals surface area contributed by atoms with Crippen LogP contribution < -0.4 is 10.2 Å². The summed E-state index contributed by atoms with van der Waals surface area (Å²) < 4.78 is 14.8. The molecule has 0 fully saturated rings. The molecule has 0 saturated carbocycles. The molecule has 0 saturated heterocycles. The molecule has 1 atom stereocenters. The summed E-state index contributed by atoms with van der Waals surface area (Å²) in [5.74, 6) is -3.18. The SMILES string of the molecule is O=C(O)CN1C(=O)[C@@H](NC(=O)c2cc3ccccc3[nH]2)N=C(c2ccccc2F)c2ccccc21. The van der Waals surface area contributed by atoms with Crippen LogP contribution >= 0.6 is 0 Å². The number of rotatable bonds is 5. The van der Waals surface area contributed by atoms with E-state index in [0.717, 1.165) is 15.8 Å². The number of para-hydroxylation sites is 2. The summed E-state index contributed by atoms with van der Waals surface area (Å²) in [7, 11) is 0. The maximum atomic E-state index is 14.8. The van der Waals surface area contributed by atoms with Crippen molar-refractivity contribution in [3.05, 3.63) is 102 Å². The second-order valence-corrected chi connectivity index (χ2v) is 7.94. The number of nitrogens with zero attached hydrogens (tertiary/aromatic N) is 2. The van der Waals surface area contributed by atoms with E-state index in [1.807, 2.05) is 24.3 Å². The second-order valence-electron chi connectivity index (χ2n) is 7.94. The molecule has 0 aliphatic carbocycles. The topological polar surface area (TPSA) is 115 Å². The number of nitrogens with one attached hydrogen (secondary N) is 2. The van der Waals surface area contributed by atoms with E-state index in [2.05, 4.69) is 15.3 Å². The van der Waals surface area contributed by atoms with Crippen molar-refractivity contribution in [2.45, 2.75) is 6.17 Å². The molecule has 5 rings (SSSR count). The highest BCUT2D eigenvalue weighted by atomic mass is 19.1. The van der Waals surface area contributed by atoms with Gasteiger partial charge in [0.25, 0.3) is 11.8 Å². The molecule has 2 heterocycles. The Morgan fingerprint density at radius 1 is 1.00 bits per heavy atom. The van der Waals surface area contributed by atoms with Crippen molar-refractivity contribution < 1.29 is 23.9 Å². The zero-order valence-corrected chi connectivity index (χ0v) is 18.2. The lowest BCUT2D eigenvalue weighted by Gasteiger charge is -2.23. The number of carbonyl (C=O) groups excluding carboxylic acids is 2. The third kappa shape index (κ3) is 4.15. The minimum Gasteiger partial charge on any atom is -0.480 e. The zero-order chi connectivity index (χ0) is 24.5. The van der Waals surface area contributed by atoms with Crippen LogP contribution in [0.3, 0.4) is 0 Å². The van der Waals surface area contributed by atoms with Crippen LogP contribution in [-0.2, 0) is 9.59 Å². The van der Waals surface area contributed by atoms with Crippen molar-refractivity contribution in [2.24, 2.45) is 4.99 Å². The highest BCUT2D eigenvalue weighted by Gasteiger charge is 2.34. The Labute approximate surface area is 198 Å². The molecule has 0 radical (unpaired) electrons. The Balaban J connectivity index is 1.62. The number of aliphatic imine (C=N–C) groups is 1. The van der Waals surface area contributed by atoms with Crippen molar-refractivity contribution in [3.63, 3.8) is 0 Å². The molecule has 174 valence electrons. The van der Waals surface area contributed by atoms with E-state index < -0.39 is 36.3 Å². The first-order valence-electron chi connectivity index (χ1n) is 10.8. The normalized spacial score (nSPS) is 15.3. The van der Waals surface area contributed by atoms with Crippen molar-refractivity contribution in [3.8, 4) is 0 Å². The number of carboxylic acids is 1. The minimum absolute atomic E-state index is 0.120. The number of H-pyrrole nitrogens is 1. The van der Waals surface area contributed by atoms with Gasteiger partial charge in [-0.2, -0.15) is 0 Å². The second kappa shape index (κ2) is 8.86. The van der Waals surface area contributed by atoms with E-state index in [9.17, 15) is 23.9 Å². The number of hydrogen-bond acceptors (Lipinski definition) is 4. The molecule has 2 amide bonds. The van der Waals surface area contributed by atoms with Gasteiger partial charge >= 0.3 is 5.97 Å². The number of anilines is 1. The van der Waals surface area contributed by atoms with Gasteiger partial charge in [-0.1, -0.05) is 48.5 Å². The Kier molecular flexibility index (Phi) is 5.58. The number of benzene rings is 3. The lowest BCUT2D eigenvalue weighted by atomic mass is 10.00. The Hall–Kier alpha value is -4.79. The van der Waals surface area contributed by atoms with Crippen molar-refractivity contribution >= 4 is 40.1 Å². The van der Waals surface area contributed by atoms with Crippen LogP contribution in [0, 0.1) is 5.82 Å². The fourth-order valence-corrected chi connectivity index (χ4v) is 4.09. The summed E-state index contributed by atoms with van der Waals surface area (Å²) in [5, 5.41) is 12.9. The van der Waals surface area contributed by atoms with Crippen molar-refractivity contribution in [2.75, 3.05) is 11.4 Å². The molecule has 35 heavy (non-hydrogen) atoms. The van der Waals surface area contributed by atoms with Crippen LogP contribution in [0.15, 0.2) is 83.9 Å². The summed E-state index contributed by atoms with van der Waals surface area (Å²) in [6, 6.07) is 21.4. The fraction of sp³-hybridized carbons (Fsp3) is 0.0769. The number of carboxylic acid groups (broad SMARTS) is 1. The summed E-state index contributed by atoms with van der Waals surface area (Å²) in [5.41, 5.74) is 1.81. The molecule has 0 bridgehead atoms. The van der Waals surface area contributed by atoms with Gasteiger partial charge in [0.15, 0.2) is 0 Å². The van der Waals surface area contributed by atoms with Crippen molar-refractivity contribution in [1.82, 2.24) is 10.3 Å². The smallest absolute Gasteiger partial charge is 0.323 e. The molecule has 4 aromatic rings. The highest BCUT2D eigenvalue weighted by Crippen LogP contribution is 2.29. The van der Waals surface area contributed by atoms with Gasteiger partial charge in [-0.15, -0.1) is 0 Å².